The van der Waals surface area contributed by atoms with Crippen molar-refractivity contribution >= 4 is 23.6 Å². The van der Waals surface area contributed by atoms with Crippen molar-refractivity contribution in [2.75, 3.05) is 6.54 Å². The number of carbonyl (C=O) groups is 2. The van der Waals surface area contributed by atoms with Gasteiger partial charge in [-0.2, -0.15) is 0 Å². The molecule has 21 heavy (non-hydrogen) atoms. The van der Waals surface area contributed by atoms with Crippen LogP contribution >= 0.6 is 11.6 Å². The van der Waals surface area contributed by atoms with Gasteiger partial charge in [0.25, 0.3) is 0 Å². The SMILES string of the molecule is CCC(C)N(CC(=O)O)C(=O)NCc1ccc(F)c(Cl)c1. The standard InChI is InChI=1S/C14H18ClFN2O3/c1-3-9(2)18(8-13(19)20)14(21)17-7-10-4-5-12(16)11(15)6-10/h4-6,9H,3,7-8H2,1-2H3,(H,17,21)(H,19,20). The molecule has 0 aliphatic carbocycles. The molecule has 0 bridgehead atoms. The van der Waals surface area contributed by atoms with E-state index in [1.54, 1.807) is 6.92 Å². The number of benzene rings is 1. The highest BCUT2D eigenvalue weighted by atomic mass is 35.5. The van der Waals surface area contributed by atoms with Crippen LogP contribution in [0.25, 0.3) is 0 Å². The number of nitrogens with zero attached hydrogens (tertiary/aromatic N) is 1. The van der Waals surface area contributed by atoms with E-state index in [0.29, 0.717) is 12.0 Å². The summed E-state index contributed by atoms with van der Waals surface area (Å²) in [6, 6.07) is 3.46. The van der Waals surface area contributed by atoms with E-state index in [0.717, 1.165) is 0 Å². The summed E-state index contributed by atoms with van der Waals surface area (Å²) in [5.41, 5.74) is 0.633. The van der Waals surface area contributed by atoms with Crippen LogP contribution < -0.4 is 5.32 Å². The van der Waals surface area contributed by atoms with E-state index in [1.807, 2.05) is 6.92 Å². The quantitative estimate of drug-likeness (QED) is 0.848. The van der Waals surface area contributed by atoms with E-state index in [2.05, 4.69) is 5.32 Å². The first-order valence-corrected chi connectivity index (χ1v) is 6.93. The summed E-state index contributed by atoms with van der Waals surface area (Å²) >= 11 is 5.66. The van der Waals surface area contributed by atoms with Crippen molar-refractivity contribution in [1.82, 2.24) is 10.2 Å². The van der Waals surface area contributed by atoms with Gasteiger partial charge in [-0.05, 0) is 31.0 Å². The van der Waals surface area contributed by atoms with Gasteiger partial charge in [0, 0.05) is 12.6 Å². The van der Waals surface area contributed by atoms with E-state index in [9.17, 15) is 14.0 Å². The third-order valence-electron chi connectivity index (χ3n) is 3.12. The maximum absolute atomic E-state index is 13.0. The van der Waals surface area contributed by atoms with Crippen LogP contribution in [0.4, 0.5) is 9.18 Å². The van der Waals surface area contributed by atoms with Crippen molar-refractivity contribution in [1.29, 1.82) is 0 Å². The Kier molecular flexibility index (Phi) is 6.42. The lowest BCUT2D eigenvalue weighted by Gasteiger charge is -2.27. The van der Waals surface area contributed by atoms with Gasteiger partial charge in [0.1, 0.15) is 12.4 Å². The fraction of sp³-hybridized carbons (Fsp3) is 0.429. The molecule has 1 aromatic carbocycles. The van der Waals surface area contributed by atoms with E-state index in [-0.39, 0.29) is 24.2 Å². The van der Waals surface area contributed by atoms with Crippen molar-refractivity contribution in [3.8, 4) is 0 Å². The van der Waals surface area contributed by atoms with Crippen LogP contribution in [0.2, 0.25) is 5.02 Å². The Hall–Kier alpha value is -1.82. The lowest BCUT2D eigenvalue weighted by Crippen LogP contribution is -2.47. The van der Waals surface area contributed by atoms with Crippen LogP contribution in [0, 0.1) is 5.82 Å². The number of urea groups is 1. The molecule has 2 N–H and O–H groups in total. The number of halogens is 2. The molecule has 5 nitrogen and oxygen atoms in total. The average Bonchev–Trinajstić information content (AvgIpc) is 2.44. The lowest BCUT2D eigenvalue weighted by molar-refractivity contribution is -0.138. The molecule has 0 saturated heterocycles. The Bertz CT molecular complexity index is 525. The number of nitrogens with one attached hydrogen (secondary N) is 1. The molecule has 1 atom stereocenters. The van der Waals surface area contributed by atoms with Gasteiger partial charge in [-0.1, -0.05) is 24.6 Å². The first-order chi connectivity index (χ1) is 9.85. The van der Waals surface area contributed by atoms with Crippen LogP contribution in [0.3, 0.4) is 0 Å². The van der Waals surface area contributed by atoms with E-state index in [4.69, 9.17) is 16.7 Å². The molecule has 116 valence electrons. The monoisotopic (exact) mass is 316 g/mol. The van der Waals surface area contributed by atoms with E-state index in [1.165, 1.54) is 23.1 Å². The highest BCUT2D eigenvalue weighted by Crippen LogP contribution is 2.16. The molecule has 1 rings (SSSR count). The number of carbonyl (C=O) groups excluding carboxylic acids is 1. The summed E-state index contributed by atoms with van der Waals surface area (Å²) in [5, 5.41) is 11.4. The lowest BCUT2D eigenvalue weighted by atomic mass is 10.2. The third kappa shape index (κ3) is 5.23. The van der Waals surface area contributed by atoms with Crippen LogP contribution in [-0.4, -0.2) is 34.6 Å². The largest absolute Gasteiger partial charge is 0.480 e. The minimum atomic E-state index is -1.07. The minimum Gasteiger partial charge on any atom is -0.480 e. The molecule has 0 saturated carbocycles. The average molecular weight is 317 g/mol. The fourth-order valence-corrected chi connectivity index (χ4v) is 1.93. The Morgan fingerprint density at radius 2 is 2.14 bits per heavy atom. The second-order valence-electron chi connectivity index (χ2n) is 4.69. The Labute approximate surface area is 127 Å². The molecule has 0 aliphatic heterocycles. The van der Waals surface area contributed by atoms with Gasteiger partial charge in [0.15, 0.2) is 0 Å². The molecule has 0 radical (unpaired) electrons. The summed E-state index contributed by atoms with van der Waals surface area (Å²) in [6.07, 6.45) is 0.642. The van der Waals surface area contributed by atoms with Gasteiger partial charge in [-0.3, -0.25) is 4.79 Å². The van der Waals surface area contributed by atoms with Crippen molar-refractivity contribution < 1.29 is 19.1 Å². The molecule has 1 aromatic rings. The number of carboxylic acids is 1. The maximum atomic E-state index is 13.0. The second kappa shape index (κ2) is 7.83. The topological polar surface area (TPSA) is 69.6 Å². The third-order valence-corrected chi connectivity index (χ3v) is 3.41. The number of rotatable bonds is 6. The molecular weight excluding hydrogens is 299 g/mol. The van der Waals surface area contributed by atoms with Gasteiger partial charge >= 0.3 is 12.0 Å². The molecule has 0 heterocycles. The first kappa shape index (κ1) is 17.2. The molecule has 7 heteroatoms. The Morgan fingerprint density at radius 3 is 2.67 bits per heavy atom. The second-order valence-corrected chi connectivity index (χ2v) is 5.09. The number of amides is 2. The van der Waals surface area contributed by atoms with Crippen LogP contribution in [-0.2, 0) is 11.3 Å². The van der Waals surface area contributed by atoms with Crippen molar-refractivity contribution in [2.45, 2.75) is 32.9 Å². The minimum absolute atomic E-state index is 0.0222. The van der Waals surface area contributed by atoms with Crippen molar-refractivity contribution in [3.05, 3.63) is 34.6 Å². The summed E-state index contributed by atoms with van der Waals surface area (Å²) in [6.45, 7) is 3.42. The summed E-state index contributed by atoms with van der Waals surface area (Å²) in [4.78, 5) is 24.1. The van der Waals surface area contributed by atoms with Gasteiger partial charge in [-0.25, -0.2) is 9.18 Å². The van der Waals surface area contributed by atoms with Crippen molar-refractivity contribution in [3.63, 3.8) is 0 Å². The van der Waals surface area contributed by atoms with Crippen molar-refractivity contribution in [2.24, 2.45) is 0 Å². The predicted molar refractivity (Wildman–Crippen MR) is 77.7 cm³/mol. The van der Waals surface area contributed by atoms with Crippen LogP contribution in [0.15, 0.2) is 18.2 Å². The van der Waals surface area contributed by atoms with Gasteiger partial charge < -0.3 is 15.3 Å². The van der Waals surface area contributed by atoms with Gasteiger partial charge in [-0.15, -0.1) is 0 Å². The zero-order valence-corrected chi connectivity index (χ0v) is 12.7. The summed E-state index contributed by atoms with van der Waals surface area (Å²) < 4.78 is 13.0. The molecule has 0 aliphatic rings. The highest BCUT2D eigenvalue weighted by Gasteiger charge is 2.21. The number of hydrogen-bond donors (Lipinski definition) is 2. The first-order valence-electron chi connectivity index (χ1n) is 6.55. The smallest absolute Gasteiger partial charge is 0.323 e. The number of hydrogen-bond acceptors (Lipinski definition) is 2. The molecule has 2 amide bonds. The maximum Gasteiger partial charge on any atom is 0.323 e. The normalized spacial score (nSPS) is 11.8. The molecule has 0 fully saturated rings. The van der Waals surface area contributed by atoms with Gasteiger partial charge in [0.2, 0.25) is 0 Å². The fourth-order valence-electron chi connectivity index (χ4n) is 1.72. The number of aliphatic carboxylic acids is 1. The Morgan fingerprint density at radius 1 is 1.48 bits per heavy atom. The Balaban J connectivity index is 2.68. The summed E-state index contributed by atoms with van der Waals surface area (Å²) in [5.74, 6) is -1.60. The zero-order chi connectivity index (χ0) is 16.0. The van der Waals surface area contributed by atoms with Gasteiger partial charge in [0.05, 0.1) is 5.02 Å². The molecular formula is C14H18ClFN2O3. The molecule has 0 aromatic heterocycles. The molecule has 0 spiro atoms. The molecule has 1 unspecified atom stereocenters. The number of carboxylic acid groups (broad SMARTS) is 1. The highest BCUT2D eigenvalue weighted by molar-refractivity contribution is 6.30. The van der Waals surface area contributed by atoms with Crippen LogP contribution in [0.1, 0.15) is 25.8 Å². The summed E-state index contributed by atoms with van der Waals surface area (Å²) in [7, 11) is 0. The van der Waals surface area contributed by atoms with E-state index >= 15 is 0 Å². The van der Waals surface area contributed by atoms with Crippen LogP contribution in [0.5, 0.6) is 0 Å². The zero-order valence-electron chi connectivity index (χ0n) is 11.9. The van der Waals surface area contributed by atoms with E-state index < -0.39 is 17.8 Å². The predicted octanol–water partition coefficient (Wildman–Crippen LogP) is 2.87.